The number of hydrogen-bond acceptors (Lipinski definition) is 6. The zero-order chi connectivity index (χ0) is 19.8. The number of rotatable bonds is 5. The second kappa shape index (κ2) is 7.09. The number of ether oxygens (including phenoxy) is 1. The van der Waals surface area contributed by atoms with Crippen LogP contribution in [-0.2, 0) is 26.1 Å². The molecule has 0 aliphatic rings. The highest BCUT2D eigenvalue weighted by atomic mass is 35.5. The van der Waals surface area contributed by atoms with Crippen LogP contribution < -0.4 is 10.5 Å². The molecule has 0 aliphatic carbocycles. The zero-order valence-corrected chi connectivity index (χ0v) is 15.9. The zero-order valence-electron chi connectivity index (χ0n) is 14.4. The summed E-state index contributed by atoms with van der Waals surface area (Å²) < 4.78 is 38.3. The molecule has 3 rings (SSSR count). The van der Waals surface area contributed by atoms with E-state index in [1.807, 2.05) is 0 Å². The van der Waals surface area contributed by atoms with Gasteiger partial charge in [-0.15, -0.1) is 0 Å². The lowest BCUT2D eigenvalue weighted by Crippen LogP contribution is -2.20. The molecule has 3 aromatic rings. The van der Waals surface area contributed by atoms with Crippen LogP contribution in [0.25, 0.3) is 11.1 Å². The van der Waals surface area contributed by atoms with Crippen molar-refractivity contribution in [3.63, 3.8) is 0 Å². The van der Waals surface area contributed by atoms with E-state index in [1.54, 1.807) is 19.1 Å². The van der Waals surface area contributed by atoms with Crippen LogP contribution in [0.4, 0.5) is 5.69 Å². The van der Waals surface area contributed by atoms with Crippen molar-refractivity contribution in [3.8, 4) is 0 Å². The maximum absolute atomic E-state index is 12.6. The number of anilines is 1. The number of esters is 1. The summed E-state index contributed by atoms with van der Waals surface area (Å²) in [5.41, 5.74) is 1.43. The number of methoxy groups -OCH3 is 1. The molecule has 8 nitrogen and oxygen atoms in total. The molecule has 1 heterocycles. The quantitative estimate of drug-likeness (QED) is 0.647. The Bertz CT molecular complexity index is 1200. The van der Waals surface area contributed by atoms with E-state index in [-0.39, 0.29) is 22.5 Å². The van der Waals surface area contributed by atoms with E-state index in [9.17, 15) is 18.0 Å². The third kappa shape index (κ3) is 3.83. The van der Waals surface area contributed by atoms with E-state index in [4.69, 9.17) is 16.0 Å². The molecule has 0 fully saturated rings. The summed E-state index contributed by atoms with van der Waals surface area (Å²) in [5.74, 6) is -1.42. The molecule has 2 aromatic carbocycles. The van der Waals surface area contributed by atoms with Crippen LogP contribution in [0, 0.1) is 6.92 Å². The van der Waals surface area contributed by atoms with Crippen molar-refractivity contribution in [2.24, 2.45) is 0 Å². The van der Waals surface area contributed by atoms with Gasteiger partial charge >= 0.3 is 11.7 Å². The Morgan fingerprint density at radius 3 is 2.67 bits per heavy atom. The fraction of sp³-hybridized carbons (Fsp3) is 0.176. The second-order valence-corrected chi connectivity index (χ2v) is 7.82. The minimum atomic E-state index is -3.94. The van der Waals surface area contributed by atoms with Gasteiger partial charge in [0.1, 0.15) is 6.54 Å². The predicted octanol–water partition coefficient (Wildman–Crippen LogP) is 2.53. The van der Waals surface area contributed by atoms with Gasteiger partial charge in [-0.1, -0.05) is 17.7 Å². The number of carbonyl (C=O) groups excluding carboxylic acids is 1. The van der Waals surface area contributed by atoms with Crippen molar-refractivity contribution in [2.75, 3.05) is 11.8 Å². The van der Waals surface area contributed by atoms with Crippen LogP contribution in [0.5, 0.6) is 0 Å². The minimum absolute atomic E-state index is 0.0358. The van der Waals surface area contributed by atoms with Crippen LogP contribution >= 0.6 is 11.6 Å². The molecular weight excluding hydrogens is 396 g/mol. The van der Waals surface area contributed by atoms with Gasteiger partial charge in [0, 0.05) is 11.1 Å². The van der Waals surface area contributed by atoms with Crippen LogP contribution in [0.3, 0.4) is 0 Å². The summed E-state index contributed by atoms with van der Waals surface area (Å²) in [5, 5.41) is 0.427. The molecule has 0 unspecified atom stereocenters. The van der Waals surface area contributed by atoms with Crippen molar-refractivity contribution in [3.05, 3.63) is 57.5 Å². The van der Waals surface area contributed by atoms with E-state index in [1.165, 1.54) is 31.4 Å². The predicted molar refractivity (Wildman–Crippen MR) is 99.5 cm³/mol. The Morgan fingerprint density at radius 2 is 2.00 bits per heavy atom. The highest BCUT2D eigenvalue weighted by molar-refractivity contribution is 7.92. The topological polar surface area (TPSA) is 108 Å². The Kier molecular flexibility index (Phi) is 4.99. The van der Waals surface area contributed by atoms with Gasteiger partial charge in [-0.05, 0) is 36.8 Å². The molecule has 0 spiro atoms. The van der Waals surface area contributed by atoms with Crippen molar-refractivity contribution in [1.29, 1.82) is 0 Å². The molecule has 0 aliphatic heterocycles. The standard InChI is InChI=1S/C17H15ClN2O6S/c1-10-3-4-11(7-13(10)18)19-27(23,24)12-5-6-14-15(8-12)26-17(22)20(14)9-16(21)25-2/h3-8,19H,9H2,1-2H3. The molecule has 27 heavy (non-hydrogen) atoms. The number of fused-ring (bicyclic) bond motifs is 1. The van der Waals surface area contributed by atoms with Gasteiger partial charge in [0.25, 0.3) is 10.0 Å². The lowest BCUT2D eigenvalue weighted by molar-refractivity contribution is -0.141. The summed E-state index contributed by atoms with van der Waals surface area (Å²) in [6, 6.07) is 8.69. The highest BCUT2D eigenvalue weighted by Crippen LogP contribution is 2.24. The van der Waals surface area contributed by atoms with Gasteiger partial charge in [-0.25, -0.2) is 13.2 Å². The smallest absolute Gasteiger partial charge is 0.420 e. The van der Waals surface area contributed by atoms with Crippen molar-refractivity contribution >= 4 is 44.4 Å². The molecule has 0 radical (unpaired) electrons. The van der Waals surface area contributed by atoms with Crippen LogP contribution in [0.1, 0.15) is 5.56 Å². The van der Waals surface area contributed by atoms with E-state index in [0.29, 0.717) is 10.7 Å². The number of carbonyl (C=O) groups is 1. The molecule has 10 heteroatoms. The fourth-order valence-corrected chi connectivity index (χ4v) is 3.67. The third-order valence-electron chi connectivity index (χ3n) is 3.89. The van der Waals surface area contributed by atoms with E-state index >= 15 is 0 Å². The monoisotopic (exact) mass is 410 g/mol. The number of aryl methyl sites for hydroxylation is 1. The lowest BCUT2D eigenvalue weighted by atomic mass is 10.2. The Hall–Kier alpha value is -2.78. The largest absolute Gasteiger partial charge is 0.468 e. The molecule has 0 saturated carbocycles. The molecule has 142 valence electrons. The first kappa shape index (κ1) is 19.0. The summed E-state index contributed by atoms with van der Waals surface area (Å²) in [6.07, 6.45) is 0. The van der Waals surface area contributed by atoms with Crippen molar-refractivity contribution in [2.45, 2.75) is 18.4 Å². The molecule has 1 N–H and O–H groups in total. The number of sulfonamides is 1. The molecule has 1 aromatic heterocycles. The van der Waals surface area contributed by atoms with Gasteiger partial charge in [-0.3, -0.25) is 14.1 Å². The first-order valence-electron chi connectivity index (χ1n) is 7.70. The number of halogens is 1. The fourth-order valence-electron chi connectivity index (χ4n) is 2.43. The number of hydrogen-bond donors (Lipinski definition) is 1. The summed E-state index contributed by atoms with van der Waals surface area (Å²) in [7, 11) is -2.74. The third-order valence-corrected chi connectivity index (χ3v) is 5.68. The van der Waals surface area contributed by atoms with Crippen molar-refractivity contribution < 1.29 is 22.4 Å². The molecule has 0 amide bonds. The summed E-state index contributed by atoms with van der Waals surface area (Å²) in [4.78, 5) is 23.2. The minimum Gasteiger partial charge on any atom is -0.468 e. The first-order chi connectivity index (χ1) is 12.7. The normalized spacial score (nSPS) is 11.5. The first-order valence-corrected chi connectivity index (χ1v) is 9.56. The average molecular weight is 411 g/mol. The molecule has 0 saturated heterocycles. The van der Waals surface area contributed by atoms with Gasteiger partial charge in [0.15, 0.2) is 5.58 Å². The van der Waals surface area contributed by atoms with Crippen molar-refractivity contribution in [1.82, 2.24) is 4.57 Å². The number of benzene rings is 2. The molecular formula is C17H15ClN2O6S. The van der Waals surface area contributed by atoms with Gasteiger partial charge in [0.2, 0.25) is 0 Å². The average Bonchev–Trinajstić information content (AvgIpc) is 2.92. The van der Waals surface area contributed by atoms with E-state index in [2.05, 4.69) is 9.46 Å². The van der Waals surface area contributed by atoms with Gasteiger partial charge in [-0.2, -0.15) is 0 Å². The lowest BCUT2D eigenvalue weighted by Gasteiger charge is -2.09. The highest BCUT2D eigenvalue weighted by Gasteiger charge is 2.19. The van der Waals surface area contributed by atoms with Gasteiger partial charge < -0.3 is 9.15 Å². The Labute approximate surface area is 159 Å². The van der Waals surface area contributed by atoms with Gasteiger partial charge in [0.05, 0.1) is 23.2 Å². The molecule has 0 atom stereocenters. The summed E-state index contributed by atoms with van der Waals surface area (Å²) in [6.45, 7) is 1.46. The Morgan fingerprint density at radius 1 is 1.26 bits per heavy atom. The SMILES string of the molecule is COC(=O)Cn1c(=O)oc2cc(S(=O)(=O)Nc3ccc(C)c(Cl)c3)ccc21. The van der Waals surface area contributed by atoms with E-state index < -0.39 is 21.7 Å². The van der Waals surface area contributed by atoms with Crippen LogP contribution in [0.15, 0.2) is 50.5 Å². The van der Waals surface area contributed by atoms with Crippen LogP contribution in [0.2, 0.25) is 5.02 Å². The number of nitrogens with one attached hydrogen (secondary N) is 1. The van der Waals surface area contributed by atoms with E-state index in [0.717, 1.165) is 10.1 Å². The van der Waals surface area contributed by atoms with Crippen LogP contribution in [-0.4, -0.2) is 26.1 Å². The maximum atomic E-state index is 12.6. The summed E-state index contributed by atoms with van der Waals surface area (Å²) >= 11 is 6.02. The Balaban J connectivity index is 1.97. The maximum Gasteiger partial charge on any atom is 0.420 e. The number of aromatic nitrogens is 1. The number of oxazole rings is 1. The molecule has 0 bridgehead atoms. The number of nitrogens with zero attached hydrogens (tertiary/aromatic N) is 1. The second-order valence-electron chi connectivity index (χ2n) is 5.73.